The highest BCUT2D eigenvalue weighted by atomic mass is 16.4. The molecule has 0 amide bonds. The molecule has 13 heavy (non-hydrogen) atoms. The summed E-state index contributed by atoms with van der Waals surface area (Å²) in [6.45, 7) is 1.95. The predicted molar refractivity (Wildman–Crippen MR) is 52.9 cm³/mol. The zero-order valence-corrected chi connectivity index (χ0v) is 7.95. The summed E-state index contributed by atoms with van der Waals surface area (Å²) >= 11 is 0. The van der Waals surface area contributed by atoms with Gasteiger partial charge in [0.1, 0.15) is 0 Å². The van der Waals surface area contributed by atoms with Gasteiger partial charge in [-0.3, -0.25) is 0 Å². The monoisotopic (exact) mass is 181 g/mol. The molecule has 0 spiro atoms. The minimum atomic E-state index is -0.845. The Bertz CT molecular complexity index is 271. The van der Waals surface area contributed by atoms with Gasteiger partial charge in [0.15, 0.2) is 0 Å². The van der Waals surface area contributed by atoms with Crippen molar-refractivity contribution in [1.29, 1.82) is 0 Å². The minimum Gasteiger partial charge on any atom is -0.478 e. The van der Waals surface area contributed by atoms with Crippen LogP contribution in [0, 0.1) is 0 Å². The Balaban J connectivity index is 0.000000671. The number of carbonyl (C=O) groups is 1. The van der Waals surface area contributed by atoms with Crippen LogP contribution in [0.15, 0.2) is 24.3 Å². The van der Waals surface area contributed by atoms with Crippen LogP contribution in [0.4, 0.5) is 0 Å². The van der Waals surface area contributed by atoms with Crippen LogP contribution in [0.2, 0.25) is 0 Å². The number of aromatic carboxylic acids is 1. The molecule has 0 fully saturated rings. The molecular formula is C10H15NO2. The van der Waals surface area contributed by atoms with E-state index in [-0.39, 0.29) is 0 Å². The van der Waals surface area contributed by atoms with Crippen LogP contribution in [0.3, 0.4) is 0 Å². The maximum absolute atomic E-state index is 10.6. The number of hydrogen-bond acceptors (Lipinski definition) is 2. The fourth-order valence-electron chi connectivity index (χ4n) is 1.04. The molecule has 1 aromatic rings. The maximum atomic E-state index is 10.6. The first-order valence-corrected chi connectivity index (χ1v) is 4.14. The number of carboxylic acid groups (broad SMARTS) is 1. The second-order valence-electron chi connectivity index (χ2n) is 2.32. The Morgan fingerprint density at radius 1 is 1.38 bits per heavy atom. The molecule has 3 nitrogen and oxygen atoms in total. The first kappa shape index (κ1) is 11.6. The Labute approximate surface area is 78.2 Å². The largest absolute Gasteiger partial charge is 0.478 e. The third-order valence-electron chi connectivity index (χ3n) is 1.63. The normalized spacial score (nSPS) is 8.54. The molecule has 0 heterocycles. The highest BCUT2D eigenvalue weighted by Gasteiger charge is 2.05. The minimum absolute atomic E-state index is 0.412. The highest BCUT2D eigenvalue weighted by molar-refractivity contribution is 5.89. The number of carboxylic acids is 1. The summed E-state index contributed by atoms with van der Waals surface area (Å²) in [6, 6.07) is 7.05. The van der Waals surface area contributed by atoms with E-state index in [2.05, 4.69) is 5.73 Å². The maximum Gasteiger partial charge on any atom is 0.335 e. The van der Waals surface area contributed by atoms with Crippen LogP contribution in [0.1, 0.15) is 22.8 Å². The fourth-order valence-corrected chi connectivity index (χ4v) is 1.04. The number of aryl methyl sites for hydroxylation is 1. The quantitative estimate of drug-likeness (QED) is 0.727. The lowest BCUT2D eigenvalue weighted by atomic mass is 10.1. The van der Waals surface area contributed by atoms with E-state index in [1.54, 1.807) is 12.1 Å². The first-order valence-electron chi connectivity index (χ1n) is 4.14. The van der Waals surface area contributed by atoms with Crippen molar-refractivity contribution in [3.63, 3.8) is 0 Å². The smallest absolute Gasteiger partial charge is 0.335 e. The van der Waals surface area contributed by atoms with Gasteiger partial charge in [-0.05, 0) is 25.1 Å². The first-order chi connectivity index (χ1) is 6.25. The predicted octanol–water partition coefficient (Wildman–Crippen LogP) is 1.52. The summed E-state index contributed by atoms with van der Waals surface area (Å²) in [5.74, 6) is -0.845. The van der Waals surface area contributed by atoms with Crippen LogP contribution in [0.5, 0.6) is 0 Å². The molecule has 0 radical (unpaired) electrons. The molecular weight excluding hydrogens is 166 g/mol. The average Bonchev–Trinajstić information content (AvgIpc) is 2.20. The Morgan fingerprint density at radius 2 is 1.92 bits per heavy atom. The van der Waals surface area contributed by atoms with Crippen LogP contribution < -0.4 is 5.73 Å². The van der Waals surface area contributed by atoms with Gasteiger partial charge in [0.05, 0.1) is 5.56 Å². The number of rotatable bonds is 2. The van der Waals surface area contributed by atoms with Crippen molar-refractivity contribution in [1.82, 2.24) is 0 Å². The molecule has 0 bridgehead atoms. The van der Waals surface area contributed by atoms with Crippen LogP contribution >= 0.6 is 0 Å². The third-order valence-corrected chi connectivity index (χ3v) is 1.63. The van der Waals surface area contributed by atoms with Gasteiger partial charge in [-0.15, -0.1) is 0 Å². The van der Waals surface area contributed by atoms with Gasteiger partial charge in [0.25, 0.3) is 0 Å². The third kappa shape index (κ3) is 3.25. The Kier molecular flexibility index (Phi) is 5.55. The van der Waals surface area contributed by atoms with E-state index in [0.29, 0.717) is 5.56 Å². The van der Waals surface area contributed by atoms with Crippen molar-refractivity contribution in [3.05, 3.63) is 35.4 Å². The van der Waals surface area contributed by atoms with Gasteiger partial charge >= 0.3 is 5.97 Å². The second-order valence-corrected chi connectivity index (χ2v) is 2.32. The number of benzene rings is 1. The highest BCUT2D eigenvalue weighted by Crippen LogP contribution is 2.08. The van der Waals surface area contributed by atoms with E-state index in [0.717, 1.165) is 12.0 Å². The lowest BCUT2D eigenvalue weighted by molar-refractivity contribution is 0.0696. The lowest BCUT2D eigenvalue weighted by Crippen LogP contribution is -2.00. The van der Waals surface area contributed by atoms with Crippen molar-refractivity contribution in [2.75, 3.05) is 7.05 Å². The molecule has 3 heteroatoms. The summed E-state index contributed by atoms with van der Waals surface area (Å²) in [6.07, 6.45) is 0.766. The van der Waals surface area contributed by atoms with E-state index in [1.165, 1.54) is 7.05 Å². The summed E-state index contributed by atoms with van der Waals surface area (Å²) in [4.78, 5) is 10.6. The molecule has 0 atom stereocenters. The van der Waals surface area contributed by atoms with Gasteiger partial charge < -0.3 is 10.8 Å². The van der Waals surface area contributed by atoms with E-state index in [9.17, 15) is 4.79 Å². The molecule has 72 valence electrons. The van der Waals surface area contributed by atoms with Gasteiger partial charge in [0.2, 0.25) is 0 Å². The molecule has 0 saturated heterocycles. The average molecular weight is 181 g/mol. The van der Waals surface area contributed by atoms with E-state index in [4.69, 9.17) is 5.11 Å². The molecule has 0 unspecified atom stereocenters. The van der Waals surface area contributed by atoms with Crippen molar-refractivity contribution in [3.8, 4) is 0 Å². The zero-order chi connectivity index (χ0) is 10.3. The zero-order valence-electron chi connectivity index (χ0n) is 7.95. The van der Waals surface area contributed by atoms with E-state index in [1.807, 2.05) is 19.1 Å². The molecule has 0 saturated carbocycles. The summed E-state index contributed by atoms with van der Waals surface area (Å²) < 4.78 is 0. The molecule has 1 rings (SSSR count). The van der Waals surface area contributed by atoms with Gasteiger partial charge in [-0.2, -0.15) is 0 Å². The van der Waals surface area contributed by atoms with E-state index < -0.39 is 5.97 Å². The van der Waals surface area contributed by atoms with Gasteiger partial charge in [-0.1, -0.05) is 25.1 Å². The van der Waals surface area contributed by atoms with Crippen LogP contribution in [0.25, 0.3) is 0 Å². The molecule has 0 aromatic heterocycles. The number of nitrogens with two attached hydrogens (primary N) is 1. The molecule has 0 aliphatic heterocycles. The molecule has 0 aliphatic rings. The Morgan fingerprint density at radius 3 is 2.31 bits per heavy atom. The van der Waals surface area contributed by atoms with E-state index >= 15 is 0 Å². The van der Waals surface area contributed by atoms with Gasteiger partial charge in [-0.25, -0.2) is 4.79 Å². The van der Waals surface area contributed by atoms with Crippen molar-refractivity contribution >= 4 is 5.97 Å². The van der Waals surface area contributed by atoms with Crippen molar-refractivity contribution in [2.45, 2.75) is 13.3 Å². The summed E-state index contributed by atoms with van der Waals surface area (Å²) in [7, 11) is 1.50. The molecule has 1 aromatic carbocycles. The molecule has 3 N–H and O–H groups in total. The van der Waals surface area contributed by atoms with Crippen LogP contribution in [-0.2, 0) is 6.42 Å². The summed E-state index contributed by atoms with van der Waals surface area (Å²) in [5.41, 5.74) is 5.80. The summed E-state index contributed by atoms with van der Waals surface area (Å²) in [5, 5.41) is 8.70. The van der Waals surface area contributed by atoms with Crippen molar-refractivity contribution < 1.29 is 9.90 Å². The standard InChI is InChI=1S/C9H10O2.CH5N/c1-2-7-5-3-4-6-8(7)9(10)11;1-2/h3-6H,2H2,1H3,(H,10,11);2H2,1H3. The van der Waals surface area contributed by atoms with Crippen LogP contribution in [-0.4, -0.2) is 18.1 Å². The van der Waals surface area contributed by atoms with Crippen molar-refractivity contribution in [2.24, 2.45) is 5.73 Å². The SMILES string of the molecule is CCc1ccccc1C(=O)O.CN. The number of hydrogen-bond donors (Lipinski definition) is 2. The van der Waals surface area contributed by atoms with Gasteiger partial charge in [0, 0.05) is 0 Å². The Hall–Kier alpha value is -1.35. The topological polar surface area (TPSA) is 63.3 Å². The molecule has 0 aliphatic carbocycles. The lowest BCUT2D eigenvalue weighted by Gasteiger charge is -2.00. The second kappa shape index (κ2) is 6.20. The fraction of sp³-hybridized carbons (Fsp3) is 0.300.